The molecule has 0 saturated carbocycles. The van der Waals surface area contributed by atoms with E-state index in [9.17, 15) is 4.39 Å². The number of hydrogen-bond donors (Lipinski definition) is 1. The maximum absolute atomic E-state index is 13.7. The van der Waals surface area contributed by atoms with Crippen LogP contribution in [-0.4, -0.2) is 12.0 Å². The summed E-state index contributed by atoms with van der Waals surface area (Å²) in [6.45, 7) is 0. The molecule has 1 heterocycles. The average Bonchev–Trinajstić information content (AvgIpc) is 2.39. The molecule has 0 spiro atoms. The van der Waals surface area contributed by atoms with Crippen molar-refractivity contribution in [1.82, 2.24) is 10.3 Å². The Morgan fingerprint density at radius 3 is 2.68 bits per heavy atom. The predicted molar refractivity (Wildman–Crippen MR) is 81.5 cm³/mol. The zero-order valence-corrected chi connectivity index (χ0v) is 13.5. The molecule has 100 valence electrons. The Bertz CT molecular complexity index is 575. The number of pyridine rings is 1. The minimum Gasteiger partial charge on any atom is -0.311 e. The average molecular weight is 388 g/mol. The SMILES string of the molecule is CNC(Cc1ccccc1F)c1ncc(Br)cc1Br. The van der Waals surface area contributed by atoms with Crippen molar-refractivity contribution >= 4 is 31.9 Å². The highest BCUT2D eigenvalue weighted by Crippen LogP contribution is 2.27. The lowest BCUT2D eigenvalue weighted by Crippen LogP contribution is -2.21. The third-order valence-corrected chi connectivity index (χ3v) is 3.97. The normalized spacial score (nSPS) is 12.4. The number of halogens is 3. The maximum atomic E-state index is 13.7. The van der Waals surface area contributed by atoms with Gasteiger partial charge < -0.3 is 5.32 Å². The van der Waals surface area contributed by atoms with Crippen LogP contribution in [-0.2, 0) is 6.42 Å². The van der Waals surface area contributed by atoms with Gasteiger partial charge in [0.15, 0.2) is 0 Å². The summed E-state index contributed by atoms with van der Waals surface area (Å²) in [5.74, 6) is -0.184. The lowest BCUT2D eigenvalue weighted by atomic mass is 10.0. The van der Waals surface area contributed by atoms with Crippen LogP contribution in [0.3, 0.4) is 0 Å². The molecule has 2 aromatic rings. The lowest BCUT2D eigenvalue weighted by Gasteiger charge is -2.17. The molecule has 1 aromatic carbocycles. The first kappa shape index (κ1) is 14.6. The molecule has 0 saturated heterocycles. The minimum atomic E-state index is -0.184. The first-order chi connectivity index (χ1) is 9.11. The van der Waals surface area contributed by atoms with Gasteiger partial charge in [0.05, 0.1) is 11.7 Å². The van der Waals surface area contributed by atoms with Crippen LogP contribution in [0.2, 0.25) is 0 Å². The van der Waals surface area contributed by atoms with Gasteiger partial charge in [-0.2, -0.15) is 0 Å². The van der Waals surface area contributed by atoms with Gasteiger partial charge in [-0.1, -0.05) is 18.2 Å². The summed E-state index contributed by atoms with van der Waals surface area (Å²) in [6.07, 6.45) is 2.29. The quantitative estimate of drug-likeness (QED) is 0.848. The maximum Gasteiger partial charge on any atom is 0.126 e. The van der Waals surface area contributed by atoms with Gasteiger partial charge in [0.1, 0.15) is 5.82 Å². The number of aromatic nitrogens is 1. The summed E-state index contributed by atoms with van der Waals surface area (Å²) < 4.78 is 15.5. The van der Waals surface area contributed by atoms with Crippen LogP contribution < -0.4 is 5.32 Å². The van der Waals surface area contributed by atoms with Crippen LogP contribution in [0.5, 0.6) is 0 Å². The van der Waals surface area contributed by atoms with E-state index in [0.29, 0.717) is 12.0 Å². The van der Waals surface area contributed by atoms with Gasteiger partial charge in [0, 0.05) is 15.1 Å². The highest BCUT2D eigenvalue weighted by atomic mass is 79.9. The van der Waals surface area contributed by atoms with E-state index in [4.69, 9.17) is 0 Å². The molecule has 0 aliphatic heterocycles. The fraction of sp³-hybridized carbons (Fsp3) is 0.214. The summed E-state index contributed by atoms with van der Waals surface area (Å²) in [7, 11) is 1.85. The molecule has 1 N–H and O–H groups in total. The van der Waals surface area contributed by atoms with Crippen LogP contribution in [0.4, 0.5) is 4.39 Å². The number of hydrogen-bond acceptors (Lipinski definition) is 2. The number of nitrogens with zero attached hydrogens (tertiary/aromatic N) is 1. The van der Waals surface area contributed by atoms with E-state index in [2.05, 4.69) is 42.2 Å². The summed E-state index contributed by atoms with van der Waals surface area (Å²) in [6, 6.07) is 8.71. The second-order valence-electron chi connectivity index (χ2n) is 4.16. The Labute approximate surface area is 128 Å². The van der Waals surface area contributed by atoms with Crippen LogP contribution in [0.1, 0.15) is 17.3 Å². The van der Waals surface area contributed by atoms with Crippen molar-refractivity contribution in [1.29, 1.82) is 0 Å². The zero-order chi connectivity index (χ0) is 13.8. The Kier molecular flexibility index (Phi) is 5.07. The van der Waals surface area contributed by atoms with Crippen LogP contribution in [0.15, 0.2) is 45.5 Å². The molecule has 0 aliphatic carbocycles. The van der Waals surface area contributed by atoms with Crippen LogP contribution >= 0.6 is 31.9 Å². The molecule has 1 unspecified atom stereocenters. The summed E-state index contributed by atoms with van der Waals surface area (Å²) in [5.41, 5.74) is 1.55. The molecule has 1 aromatic heterocycles. The molecule has 0 bridgehead atoms. The van der Waals surface area contributed by atoms with Crippen LogP contribution in [0, 0.1) is 5.82 Å². The number of benzene rings is 1. The zero-order valence-electron chi connectivity index (χ0n) is 10.3. The highest BCUT2D eigenvalue weighted by molar-refractivity contribution is 9.11. The molecule has 0 aliphatic rings. The van der Waals surface area contributed by atoms with Crippen molar-refractivity contribution < 1.29 is 4.39 Å². The smallest absolute Gasteiger partial charge is 0.126 e. The molecule has 2 rings (SSSR count). The Hall–Kier alpha value is -0.780. The summed E-state index contributed by atoms with van der Waals surface area (Å²) in [5, 5.41) is 3.18. The number of nitrogens with one attached hydrogen (secondary N) is 1. The van der Waals surface area contributed by atoms with Crippen LogP contribution in [0.25, 0.3) is 0 Å². The number of likely N-dealkylation sites (N-methyl/N-ethyl adjacent to an activating group) is 1. The van der Waals surface area contributed by atoms with Gasteiger partial charge in [-0.25, -0.2) is 4.39 Å². The molecule has 19 heavy (non-hydrogen) atoms. The van der Waals surface area contributed by atoms with Gasteiger partial charge in [-0.3, -0.25) is 4.98 Å². The van der Waals surface area contributed by atoms with Gasteiger partial charge in [-0.05, 0) is 63.0 Å². The minimum absolute atomic E-state index is 0.0422. The van der Waals surface area contributed by atoms with Crippen molar-refractivity contribution in [2.45, 2.75) is 12.5 Å². The third kappa shape index (κ3) is 3.61. The molecule has 0 fully saturated rings. The number of rotatable bonds is 4. The first-order valence-corrected chi connectivity index (χ1v) is 7.42. The van der Waals surface area contributed by atoms with E-state index in [1.165, 1.54) is 6.07 Å². The Balaban J connectivity index is 2.28. The van der Waals surface area contributed by atoms with Gasteiger partial charge in [-0.15, -0.1) is 0 Å². The third-order valence-electron chi connectivity index (χ3n) is 2.90. The van der Waals surface area contributed by atoms with E-state index < -0.39 is 0 Å². The molecular weight excluding hydrogens is 375 g/mol. The van der Waals surface area contributed by atoms with Crippen molar-refractivity contribution in [3.05, 3.63) is 62.5 Å². The van der Waals surface area contributed by atoms with E-state index >= 15 is 0 Å². The monoisotopic (exact) mass is 386 g/mol. The lowest BCUT2D eigenvalue weighted by molar-refractivity contribution is 0.543. The van der Waals surface area contributed by atoms with Gasteiger partial charge in [0.25, 0.3) is 0 Å². The molecular formula is C14H13Br2FN2. The van der Waals surface area contributed by atoms with Crippen molar-refractivity contribution in [2.75, 3.05) is 7.05 Å². The van der Waals surface area contributed by atoms with E-state index in [0.717, 1.165) is 14.6 Å². The molecule has 1 atom stereocenters. The predicted octanol–water partition coefficient (Wildman–Crippen LogP) is 4.25. The summed E-state index contributed by atoms with van der Waals surface area (Å²) >= 11 is 6.87. The van der Waals surface area contributed by atoms with Crippen molar-refractivity contribution in [2.24, 2.45) is 0 Å². The molecule has 2 nitrogen and oxygen atoms in total. The summed E-state index contributed by atoms with van der Waals surface area (Å²) in [4.78, 5) is 4.40. The van der Waals surface area contributed by atoms with Crippen molar-refractivity contribution in [3.8, 4) is 0 Å². The van der Waals surface area contributed by atoms with Crippen molar-refractivity contribution in [3.63, 3.8) is 0 Å². The Morgan fingerprint density at radius 2 is 2.05 bits per heavy atom. The topological polar surface area (TPSA) is 24.9 Å². The fourth-order valence-electron chi connectivity index (χ4n) is 1.90. The second-order valence-corrected chi connectivity index (χ2v) is 5.93. The highest BCUT2D eigenvalue weighted by Gasteiger charge is 2.16. The Morgan fingerprint density at radius 1 is 1.32 bits per heavy atom. The van der Waals surface area contributed by atoms with Gasteiger partial charge in [0.2, 0.25) is 0 Å². The fourth-order valence-corrected chi connectivity index (χ4v) is 3.16. The first-order valence-electron chi connectivity index (χ1n) is 5.83. The molecule has 0 radical (unpaired) electrons. The van der Waals surface area contributed by atoms with Gasteiger partial charge >= 0.3 is 0 Å². The van der Waals surface area contributed by atoms with E-state index in [1.807, 2.05) is 19.2 Å². The standard InChI is InChI=1S/C14H13Br2FN2/c1-18-13(6-9-4-2-3-5-12(9)17)14-11(16)7-10(15)8-19-14/h2-5,7-8,13,18H,6H2,1H3. The van der Waals surface area contributed by atoms with E-state index in [1.54, 1.807) is 18.3 Å². The van der Waals surface area contributed by atoms with E-state index in [-0.39, 0.29) is 11.9 Å². The largest absolute Gasteiger partial charge is 0.311 e. The molecule has 0 amide bonds. The molecule has 5 heteroatoms. The second kappa shape index (κ2) is 6.59.